The summed E-state index contributed by atoms with van der Waals surface area (Å²) >= 11 is 0. The van der Waals surface area contributed by atoms with Gasteiger partial charge < -0.3 is 9.64 Å². The topological polar surface area (TPSA) is 32.8 Å². The highest BCUT2D eigenvalue weighted by Gasteiger charge is 2.35. The smallest absolute Gasteiger partial charge is 0.260 e. The number of benzene rings is 2. The number of hydrogen-bond acceptors (Lipinski definition) is 3. The predicted molar refractivity (Wildman–Crippen MR) is 97.6 cm³/mol. The maximum Gasteiger partial charge on any atom is 0.260 e. The first kappa shape index (κ1) is 16.2. The van der Waals surface area contributed by atoms with Gasteiger partial charge in [-0.2, -0.15) is 0 Å². The third-order valence-electron chi connectivity index (χ3n) is 5.27. The third kappa shape index (κ3) is 3.54. The molecule has 2 heterocycles. The lowest BCUT2D eigenvalue weighted by Gasteiger charge is -2.46. The lowest BCUT2D eigenvalue weighted by molar-refractivity contribution is -0.141. The molecule has 4 nitrogen and oxygen atoms in total. The molecular weight excluding hydrogens is 312 g/mol. The van der Waals surface area contributed by atoms with Crippen LogP contribution in [0.1, 0.15) is 16.7 Å². The van der Waals surface area contributed by atoms with E-state index >= 15 is 0 Å². The van der Waals surface area contributed by atoms with Gasteiger partial charge in [0.15, 0.2) is 6.61 Å². The summed E-state index contributed by atoms with van der Waals surface area (Å²) in [5, 5.41) is 0. The zero-order chi connectivity index (χ0) is 17.2. The summed E-state index contributed by atoms with van der Waals surface area (Å²) in [6, 6.07) is 17.0. The highest BCUT2D eigenvalue weighted by molar-refractivity contribution is 5.78. The molecule has 0 spiro atoms. The molecule has 2 aliphatic heterocycles. The number of amides is 1. The Morgan fingerprint density at radius 1 is 1.08 bits per heavy atom. The van der Waals surface area contributed by atoms with Gasteiger partial charge >= 0.3 is 0 Å². The molecule has 2 aromatic rings. The standard InChI is InChI=1S/C21H24N2O2/c1-16-6-8-20(9-7-16)25-15-21(24)23-13-19(14-23)22-11-10-17-4-2-3-5-18(17)12-22/h2-9,19H,10-15H2,1H3. The summed E-state index contributed by atoms with van der Waals surface area (Å²) < 4.78 is 5.60. The summed E-state index contributed by atoms with van der Waals surface area (Å²) in [6.45, 7) is 5.88. The summed E-state index contributed by atoms with van der Waals surface area (Å²) in [4.78, 5) is 16.7. The fraction of sp³-hybridized carbons (Fsp3) is 0.381. The second-order valence-corrected chi connectivity index (χ2v) is 7.04. The molecule has 2 aliphatic rings. The number of likely N-dealkylation sites (tertiary alicyclic amines) is 1. The normalized spacial score (nSPS) is 17.7. The van der Waals surface area contributed by atoms with E-state index in [2.05, 4.69) is 29.2 Å². The SMILES string of the molecule is Cc1ccc(OCC(=O)N2CC(N3CCc4ccccc4C3)C2)cc1. The van der Waals surface area contributed by atoms with Crippen LogP contribution in [0.2, 0.25) is 0 Å². The Hall–Kier alpha value is -2.33. The molecule has 1 amide bonds. The van der Waals surface area contributed by atoms with Crippen molar-refractivity contribution in [1.29, 1.82) is 0 Å². The van der Waals surface area contributed by atoms with E-state index in [9.17, 15) is 4.79 Å². The van der Waals surface area contributed by atoms with Gasteiger partial charge in [-0.1, -0.05) is 42.0 Å². The summed E-state index contributed by atoms with van der Waals surface area (Å²) in [7, 11) is 0. The molecule has 0 atom stereocenters. The number of carbonyl (C=O) groups is 1. The molecule has 0 aliphatic carbocycles. The van der Waals surface area contributed by atoms with E-state index in [1.54, 1.807) is 0 Å². The van der Waals surface area contributed by atoms with Crippen LogP contribution in [0, 0.1) is 6.92 Å². The largest absolute Gasteiger partial charge is 0.484 e. The number of carbonyl (C=O) groups excluding carboxylic acids is 1. The van der Waals surface area contributed by atoms with E-state index in [1.807, 2.05) is 36.1 Å². The molecule has 0 radical (unpaired) electrons. The van der Waals surface area contributed by atoms with Crippen LogP contribution in [0.5, 0.6) is 5.75 Å². The zero-order valence-corrected chi connectivity index (χ0v) is 14.6. The van der Waals surface area contributed by atoms with Gasteiger partial charge in [-0.05, 0) is 36.6 Å². The van der Waals surface area contributed by atoms with Gasteiger partial charge in [0.2, 0.25) is 0 Å². The monoisotopic (exact) mass is 336 g/mol. The van der Waals surface area contributed by atoms with E-state index in [1.165, 1.54) is 16.7 Å². The number of ether oxygens (including phenoxy) is 1. The van der Waals surface area contributed by atoms with Crippen molar-refractivity contribution in [3.8, 4) is 5.75 Å². The minimum absolute atomic E-state index is 0.0780. The van der Waals surface area contributed by atoms with Crippen LogP contribution in [0.4, 0.5) is 0 Å². The highest BCUT2D eigenvalue weighted by Crippen LogP contribution is 2.24. The van der Waals surface area contributed by atoms with Crippen LogP contribution >= 0.6 is 0 Å². The van der Waals surface area contributed by atoms with Crippen LogP contribution in [0.3, 0.4) is 0 Å². The van der Waals surface area contributed by atoms with Crippen molar-refractivity contribution >= 4 is 5.91 Å². The Morgan fingerprint density at radius 2 is 1.80 bits per heavy atom. The van der Waals surface area contributed by atoms with Crippen LogP contribution in [0.25, 0.3) is 0 Å². The van der Waals surface area contributed by atoms with E-state index in [0.29, 0.717) is 6.04 Å². The lowest BCUT2D eigenvalue weighted by atomic mass is 9.96. The second kappa shape index (κ2) is 6.89. The van der Waals surface area contributed by atoms with Crippen molar-refractivity contribution in [2.75, 3.05) is 26.2 Å². The molecule has 4 heteroatoms. The number of aryl methyl sites for hydroxylation is 1. The van der Waals surface area contributed by atoms with Crippen LogP contribution in [0.15, 0.2) is 48.5 Å². The van der Waals surface area contributed by atoms with Gasteiger partial charge in [-0.25, -0.2) is 0 Å². The van der Waals surface area contributed by atoms with Gasteiger partial charge in [-0.3, -0.25) is 9.69 Å². The fourth-order valence-electron chi connectivity index (χ4n) is 3.59. The Kier molecular flexibility index (Phi) is 4.45. The minimum Gasteiger partial charge on any atom is -0.484 e. The molecule has 1 fully saturated rings. The van der Waals surface area contributed by atoms with E-state index in [-0.39, 0.29) is 12.5 Å². The molecule has 130 valence electrons. The molecule has 4 rings (SSSR count). The number of nitrogens with zero attached hydrogens (tertiary/aromatic N) is 2. The lowest BCUT2D eigenvalue weighted by Crippen LogP contribution is -2.62. The molecule has 0 aromatic heterocycles. The van der Waals surface area contributed by atoms with E-state index in [0.717, 1.165) is 38.3 Å². The van der Waals surface area contributed by atoms with Crippen LogP contribution in [-0.4, -0.2) is 48.0 Å². The zero-order valence-electron chi connectivity index (χ0n) is 14.6. The van der Waals surface area contributed by atoms with Crippen molar-refractivity contribution in [3.05, 3.63) is 65.2 Å². The molecule has 0 saturated carbocycles. The Morgan fingerprint density at radius 3 is 2.56 bits per heavy atom. The van der Waals surface area contributed by atoms with Crippen LogP contribution in [-0.2, 0) is 17.8 Å². The minimum atomic E-state index is 0.0780. The van der Waals surface area contributed by atoms with Gasteiger partial charge in [0.1, 0.15) is 5.75 Å². The molecule has 0 bridgehead atoms. The molecule has 25 heavy (non-hydrogen) atoms. The maximum absolute atomic E-state index is 12.3. The number of rotatable bonds is 4. The predicted octanol–water partition coefficient (Wildman–Crippen LogP) is 2.64. The summed E-state index contributed by atoms with van der Waals surface area (Å²) in [5.74, 6) is 0.831. The average Bonchev–Trinajstić information content (AvgIpc) is 2.60. The molecule has 1 saturated heterocycles. The van der Waals surface area contributed by atoms with Gasteiger partial charge in [0.05, 0.1) is 0 Å². The Labute approximate surface area is 149 Å². The van der Waals surface area contributed by atoms with Crippen molar-refractivity contribution < 1.29 is 9.53 Å². The first-order chi connectivity index (χ1) is 12.2. The Bertz CT molecular complexity index is 751. The Balaban J connectivity index is 1.25. The maximum atomic E-state index is 12.3. The fourth-order valence-corrected chi connectivity index (χ4v) is 3.59. The summed E-state index contributed by atoms with van der Waals surface area (Å²) in [6.07, 6.45) is 1.11. The number of fused-ring (bicyclic) bond motifs is 1. The van der Waals surface area contributed by atoms with Gasteiger partial charge in [0.25, 0.3) is 5.91 Å². The quantitative estimate of drug-likeness (QED) is 0.860. The average molecular weight is 336 g/mol. The first-order valence-corrected chi connectivity index (χ1v) is 8.97. The molecule has 0 unspecified atom stereocenters. The van der Waals surface area contributed by atoms with E-state index in [4.69, 9.17) is 4.74 Å². The molecule has 0 N–H and O–H groups in total. The second-order valence-electron chi connectivity index (χ2n) is 7.04. The molecular formula is C21H24N2O2. The van der Waals surface area contributed by atoms with Gasteiger partial charge in [0, 0.05) is 32.2 Å². The number of hydrogen-bond donors (Lipinski definition) is 0. The van der Waals surface area contributed by atoms with Crippen LogP contribution < -0.4 is 4.74 Å². The van der Waals surface area contributed by atoms with E-state index < -0.39 is 0 Å². The van der Waals surface area contributed by atoms with Crippen molar-refractivity contribution in [2.24, 2.45) is 0 Å². The highest BCUT2D eigenvalue weighted by atomic mass is 16.5. The van der Waals surface area contributed by atoms with Crippen molar-refractivity contribution in [3.63, 3.8) is 0 Å². The van der Waals surface area contributed by atoms with Crippen molar-refractivity contribution in [2.45, 2.75) is 25.9 Å². The first-order valence-electron chi connectivity index (χ1n) is 8.97. The van der Waals surface area contributed by atoms with Gasteiger partial charge in [-0.15, -0.1) is 0 Å². The molecule has 2 aromatic carbocycles. The third-order valence-corrected chi connectivity index (χ3v) is 5.27. The van der Waals surface area contributed by atoms with Crippen molar-refractivity contribution in [1.82, 2.24) is 9.80 Å². The summed E-state index contributed by atoms with van der Waals surface area (Å²) in [5.41, 5.74) is 4.09.